The van der Waals surface area contributed by atoms with Crippen LogP contribution < -0.4 is 0 Å². The van der Waals surface area contributed by atoms with Crippen molar-refractivity contribution in [3.05, 3.63) is 42.1 Å². The molecule has 1 atom stereocenters. The highest BCUT2D eigenvalue weighted by Gasteiger charge is 2.28. The number of pyridine rings is 1. The van der Waals surface area contributed by atoms with Crippen molar-refractivity contribution in [3.8, 4) is 0 Å². The van der Waals surface area contributed by atoms with Gasteiger partial charge in [-0.3, -0.25) is 9.78 Å². The zero-order valence-corrected chi connectivity index (χ0v) is 14.7. The third kappa shape index (κ3) is 4.01. The van der Waals surface area contributed by atoms with Crippen LogP contribution in [0.1, 0.15) is 31.2 Å². The van der Waals surface area contributed by atoms with Crippen LogP contribution in [0.4, 0.5) is 0 Å². The summed E-state index contributed by atoms with van der Waals surface area (Å²) in [6.07, 6.45) is 6.88. The molecule has 2 saturated heterocycles. The number of amides is 1. The molecule has 0 aliphatic carbocycles. The SMILES string of the molecule is O=C(CC1CCOCC1)N1CC[C@@H](Cc2cnc3ccccc3c2)C1. The van der Waals surface area contributed by atoms with E-state index in [9.17, 15) is 4.79 Å². The summed E-state index contributed by atoms with van der Waals surface area (Å²) < 4.78 is 5.39. The summed E-state index contributed by atoms with van der Waals surface area (Å²) in [4.78, 5) is 19.2. The Labute approximate surface area is 149 Å². The van der Waals surface area contributed by atoms with Crippen LogP contribution in [0, 0.1) is 11.8 Å². The van der Waals surface area contributed by atoms with E-state index in [2.05, 4.69) is 28.1 Å². The molecule has 0 N–H and O–H groups in total. The lowest BCUT2D eigenvalue weighted by atomic mass is 9.96. The molecular formula is C21H26N2O2. The van der Waals surface area contributed by atoms with Crippen LogP contribution in [0.3, 0.4) is 0 Å². The molecule has 2 aliphatic rings. The Hall–Kier alpha value is -1.94. The number of carbonyl (C=O) groups excluding carboxylic acids is 1. The molecule has 2 fully saturated rings. The van der Waals surface area contributed by atoms with E-state index in [4.69, 9.17) is 4.74 Å². The molecule has 1 aromatic heterocycles. The van der Waals surface area contributed by atoms with Gasteiger partial charge in [0.1, 0.15) is 0 Å². The zero-order valence-electron chi connectivity index (χ0n) is 14.7. The molecule has 0 unspecified atom stereocenters. The number of hydrogen-bond donors (Lipinski definition) is 0. The van der Waals surface area contributed by atoms with Gasteiger partial charge in [0.05, 0.1) is 5.52 Å². The fraction of sp³-hybridized carbons (Fsp3) is 0.524. The number of benzene rings is 1. The Bertz CT molecular complexity index is 740. The fourth-order valence-electron chi connectivity index (χ4n) is 4.11. The topological polar surface area (TPSA) is 42.4 Å². The number of fused-ring (bicyclic) bond motifs is 1. The van der Waals surface area contributed by atoms with Crippen LogP contribution in [0.25, 0.3) is 10.9 Å². The van der Waals surface area contributed by atoms with Gasteiger partial charge in [-0.25, -0.2) is 0 Å². The first kappa shape index (κ1) is 16.5. The minimum absolute atomic E-state index is 0.339. The Kier molecular flexibility index (Phi) is 4.97. The summed E-state index contributed by atoms with van der Waals surface area (Å²) in [5, 5.41) is 1.20. The smallest absolute Gasteiger partial charge is 0.222 e. The van der Waals surface area contributed by atoms with E-state index >= 15 is 0 Å². The van der Waals surface area contributed by atoms with Gasteiger partial charge in [0, 0.05) is 44.3 Å². The van der Waals surface area contributed by atoms with E-state index < -0.39 is 0 Å². The van der Waals surface area contributed by atoms with E-state index in [-0.39, 0.29) is 0 Å². The average molecular weight is 338 g/mol. The minimum atomic E-state index is 0.339. The Morgan fingerprint density at radius 1 is 1.16 bits per heavy atom. The maximum absolute atomic E-state index is 12.6. The molecule has 4 heteroatoms. The molecule has 132 valence electrons. The van der Waals surface area contributed by atoms with Gasteiger partial charge in [0.15, 0.2) is 0 Å². The first-order valence-corrected chi connectivity index (χ1v) is 9.47. The number of rotatable bonds is 4. The van der Waals surface area contributed by atoms with Gasteiger partial charge in [-0.15, -0.1) is 0 Å². The molecule has 1 aromatic carbocycles. The number of carbonyl (C=O) groups is 1. The molecule has 2 aromatic rings. The summed E-state index contributed by atoms with van der Waals surface area (Å²) in [6, 6.07) is 10.5. The fourth-order valence-corrected chi connectivity index (χ4v) is 4.11. The predicted molar refractivity (Wildman–Crippen MR) is 98.3 cm³/mol. The van der Waals surface area contributed by atoms with Crippen LogP contribution >= 0.6 is 0 Å². The zero-order chi connectivity index (χ0) is 17.1. The molecule has 0 bridgehead atoms. The van der Waals surface area contributed by atoms with Gasteiger partial charge in [-0.05, 0) is 55.2 Å². The molecular weight excluding hydrogens is 312 g/mol. The van der Waals surface area contributed by atoms with Gasteiger partial charge >= 0.3 is 0 Å². The molecule has 4 rings (SSSR count). The first-order chi connectivity index (χ1) is 12.3. The molecule has 2 aliphatic heterocycles. The number of aromatic nitrogens is 1. The lowest BCUT2D eigenvalue weighted by molar-refractivity contribution is -0.132. The Balaban J connectivity index is 1.32. The van der Waals surface area contributed by atoms with Crippen LogP contribution in [0.15, 0.2) is 36.5 Å². The maximum Gasteiger partial charge on any atom is 0.222 e. The second-order valence-corrected chi connectivity index (χ2v) is 7.49. The van der Waals surface area contributed by atoms with Crippen molar-refractivity contribution >= 4 is 16.8 Å². The summed E-state index contributed by atoms with van der Waals surface area (Å²) in [7, 11) is 0. The number of para-hydroxylation sites is 1. The van der Waals surface area contributed by atoms with Gasteiger partial charge in [-0.1, -0.05) is 18.2 Å². The third-order valence-electron chi connectivity index (χ3n) is 5.61. The normalized spacial score (nSPS) is 21.8. The van der Waals surface area contributed by atoms with E-state index in [1.165, 1.54) is 10.9 Å². The summed E-state index contributed by atoms with van der Waals surface area (Å²) >= 11 is 0. The van der Waals surface area contributed by atoms with Crippen molar-refractivity contribution in [2.24, 2.45) is 11.8 Å². The van der Waals surface area contributed by atoms with Crippen molar-refractivity contribution in [1.29, 1.82) is 0 Å². The van der Waals surface area contributed by atoms with Gasteiger partial charge in [-0.2, -0.15) is 0 Å². The van der Waals surface area contributed by atoms with Crippen molar-refractivity contribution in [2.45, 2.75) is 32.1 Å². The summed E-state index contributed by atoms with van der Waals surface area (Å²) in [5.74, 6) is 1.41. The number of likely N-dealkylation sites (tertiary alicyclic amines) is 1. The monoisotopic (exact) mass is 338 g/mol. The maximum atomic E-state index is 12.6. The second kappa shape index (κ2) is 7.52. The van der Waals surface area contributed by atoms with Gasteiger partial charge in [0.2, 0.25) is 5.91 Å². The van der Waals surface area contributed by atoms with Gasteiger partial charge in [0.25, 0.3) is 0 Å². The van der Waals surface area contributed by atoms with Crippen molar-refractivity contribution in [2.75, 3.05) is 26.3 Å². The Morgan fingerprint density at radius 2 is 2.00 bits per heavy atom. The standard InChI is InChI=1S/C21H26N2O2/c24-21(13-16-6-9-25-10-7-16)23-8-5-17(15-23)11-18-12-19-3-1-2-4-20(19)22-14-18/h1-4,12,14,16-17H,5-11,13,15H2/t17-/m0/s1. The predicted octanol–water partition coefficient (Wildman–Crippen LogP) is 3.44. The lowest BCUT2D eigenvalue weighted by Gasteiger charge is -2.24. The number of nitrogens with zero attached hydrogens (tertiary/aromatic N) is 2. The van der Waals surface area contributed by atoms with Crippen LogP contribution in [-0.4, -0.2) is 42.1 Å². The van der Waals surface area contributed by atoms with Crippen molar-refractivity contribution in [3.63, 3.8) is 0 Å². The van der Waals surface area contributed by atoms with E-state index in [1.54, 1.807) is 0 Å². The second-order valence-electron chi connectivity index (χ2n) is 7.49. The van der Waals surface area contributed by atoms with E-state index in [0.29, 0.717) is 24.2 Å². The first-order valence-electron chi connectivity index (χ1n) is 9.47. The van der Waals surface area contributed by atoms with Crippen LogP contribution in [0.2, 0.25) is 0 Å². The van der Waals surface area contributed by atoms with Crippen LogP contribution in [0.5, 0.6) is 0 Å². The van der Waals surface area contributed by atoms with Crippen molar-refractivity contribution in [1.82, 2.24) is 9.88 Å². The third-order valence-corrected chi connectivity index (χ3v) is 5.61. The molecule has 0 saturated carbocycles. The van der Waals surface area contributed by atoms with E-state index in [0.717, 1.165) is 57.5 Å². The Morgan fingerprint density at radius 3 is 2.88 bits per heavy atom. The lowest BCUT2D eigenvalue weighted by Crippen LogP contribution is -2.31. The summed E-state index contributed by atoms with van der Waals surface area (Å²) in [5.41, 5.74) is 2.33. The van der Waals surface area contributed by atoms with E-state index in [1.807, 2.05) is 18.3 Å². The average Bonchev–Trinajstić information content (AvgIpc) is 3.11. The highest BCUT2D eigenvalue weighted by Crippen LogP contribution is 2.25. The highest BCUT2D eigenvalue weighted by atomic mass is 16.5. The molecule has 0 spiro atoms. The number of hydrogen-bond acceptors (Lipinski definition) is 3. The molecule has 3 heterocycles. The molecule has 4 nitrogen and oxygen atoms in total. The molecule has 25 heavy (non-hydrogen) atoms. The minimum Gasteiger partial charge on any atom is -0.381 e. The quantitative estimate of drug-likeness (QED) is 0.857. The van der Waals surface area contributed by atoms with Gasteiger partial charge < -0.3 is 9.64 Å². The van der Waals surface area contributed by atoms with Crippen LogP contribution in [-0.2, 0) is 16.0 Å². The largest absolute Gasteiger partial charge is 0.381 e. The highest BCUT2D eigenvalue weighted by molar-refractivity contribution is 5.78. The molecule has 0 radical (unpaired) electrons. The molecule has 1 amide bonds. The van der Waals surface area contributed by atoms with Crippen molar-refractivity contribution < 1.29 is 9.53 Å². The number of ether oxygens (including phenoxy) is 1. The summed E-state index contributed by atoms with van der Waals surface area (Å²) in [6.45, 7) is 3.44.